The first-order chi connectivity index (χ1) is 9.02. The van der Waals surface area contributed by atoms with E-state index in [9.17, 15) is 15.2 Å². The fourth-order valence-electron chi connectivity index (χ4n) is 1.59. The highest BCUT2D eigenvalue weighted by molar-refractivity contribution is 6.30. The number of nitrogens with zero attached hydrogens (tertiary/aromatic N) is 4. The highest BCUT2D eigenvalue weighted by atomic mass is 35.5. The molecule has 0 spiro atoms. The van der Waals surface area contributed by atoms with E-state index in [0.717, 1.165) is 0 Å². The SMILES string of the molecule is CCC(O)c1cn(-c2cc(Cl)ccc2[N+](=O)[O-])nn1. The molecule has 1 unspecified atom stereocenters. The lowest BCUT2D eigenvalue weighted by Crippen LogP contribution is -2.01. The number of nitro groups is 1. The standard InChI is InChI=1S/C11H11ClN4O3/c1-2-11(17)8-6-15(14-13-8)10-5-7(12)3-4-9(10)16(18)19/h3-6,11,17H,2H2,1H3. The average molecular weight is 283 g/mol. The summed E-state index contributed by atoms with van der Waals surface area (Å²) in [4.78, 5) is 10.4. The van der Waals surface area contributed by atoms with Crippen LogP contribution in [0.5, 0.6) is 0 Å². The molecule has 2 aromatic rings. The largest absolute Gasteiger partial charge is 0.387 e. The maximum Gasteiger partial charge on any atom is 0.295 e. The number of aliphatic hydroxyl groups is 1. The van der Waals surface area contributed by atoms with Crippen LogP contribution in [0.3, 0.4) is 0 Å². The fourth-order valence-corrected chi connectivity index (χ4v) is 1.76. The predicted molar refractivity (Wildman–Crippen MR) is 68.3 cm³/mol. The third-order valence-corrected chi connectivity index (χ3v) is 2.86. The molecule has 0 amide bonds. The van der Waals surface area contributed by atoms with Crippen molar-refractivity contribution in [2.24, 2.45) is 0 Å². The van der Waals surface area contributed by atoms with Crippen molar-refractivity contribution in [1.82, 2.24) is 15.0 Å². The van der Waals surface area contributed by atoms with Gasteiger partial charge in [-0.15, -0.1) is 5.10 Å². The quantitative estimate of drug-likeness (QED) is 0.686. The molecule has 1 aromatic carbocycles. The minimum absolute atomic E-state index is 0.133. The van der Waals surface area contributed by atoms with Crippen LogP contribution >= 0.6 is 11.6 Å². The molecule has 0 bridgehead atoms. The average Bonchev–Trinajstić information content (AvgIpc) is 2.86. The van der Waals surface area contributed by atoms with Crippen LogP contribution in [-0.2, 0) is 0 Å². The summed E-state index contributed by atoms with van der Waals surface area (Å²) in [6, 6.07) is 4.16. The lowest BCUT2D eigenvalue weighted by molar-refractivity contribution is -0.384. The molecule has 7 nitrogen and oxygen atoms in total. The van der Waals surface area contributed by atoms with Gasteiger partial charge in [0.1, 0.15) is 11.4 Å². The van der Waals surface area contributed by atoms with E-state index in [1.807, 2.05) is 0 Å². The van der Waals surface area contributed by atoms with E-state index in [2.05, 4.69) is 10.3 Å². The maximum absolute atomic E-state index is 11.0. The molecule has 19 heavy (non-hydrogen) atoms. The van der Waals surface area contributed by atoms with Crippen LogP contribution in [0.25, 0.3) is 5.69 Å². The van der Waals surface area contributed by atoms with Crippen LogP contribution in [0.1, 0.15) is 25.1 Å². The number of halogens is 1. The van der Waals surface area contributed by atoms with Crippen LogP contribution in [0, 0.1) is 10.1 Å². The van der Waals surface area contributed by atoms with E-state index in [0.29, 0.717) is 17.1 Å². The Hall–Kier alpha value is -1.99. The predicted octanol–water partition coefficient (Wildman–Crippen LogP) is 2.27. The van der Waals surface area contributed by atoms with Crippen molar-refractivity contribution in [1.29, 1.82) is 0 Å². The van der Waals surface area contributed by atoms with Crippen LogP contribution in [0.15, 0.2) is 24.4 Å². The monoisotopic (exact) mass is 282 g/mol. The first-order valence-electron chi connectivity index (χ1n) is 5.57. The van der Waals surface area contributed by atoms with E-state index in [1.54, 1.807) is 6.92 Å². The van der Waals surface area contributed by atoms with E-state index < -0.39 is 11.0 Å². The van der Waals surface area contributed by atoms with Crippen molar-refractivity contribution in [2.75, 3.05) is 0 Å². The Morgan fingerprint density at radius 2 is 2.32 bits per heavy atom. The molecule has 100 valence electrons. The van der Waals surface area contributed by atoms with Crippen molar-refractivity contribution < 1.29 is 10.0 Å². The number of benzene rings is 1. The van der Waals surface area contributed by atoms with Gasteiger partial charge in [-0.1, -0.05) is 23.7 Å². The van der Waals surface area contributed by atoms with Gasteiger partial charge in [0.25, 0.3) is 5.69 Å². The molecule has 1 N–H and O–H groups in total. The molecule has 2 rings (SSSR count). The summed E-state index contributed by atoms with van der Waals surface area (Å²) in [5.41, 5.74) is 0.433. The maximum atomic E-state index is 11.0. The van der Waals surface area contributed by atoms with Crippen LogP contribution in [-0.4, -0.2) is 25.0 Å². The number of aromatic nitrogens is 3. The van der Waals surface area contributed by atoms with Gasteiger partial charge in [0.2, 0.25) is 0 Å². The van der Waals surface area contributed by atoms with Crippen LogP contribution < -0.4 is 0 Å². The topological polar surface area (TPSA) is 94.1 Å². The molecular formula is C11H11ClN4O3. The Morgan fingerprint density at radius 3 is 2.95 bits per heavy atom. The number of nitro benzene ring substituents is 1. The Morgan fingerprint density at radius 1 is 1.58 bits per heavy atom. The summed E-state index contributed by atoms with van der Waals surface area (Å²) in [7, 11) is 0. The third kappa shape index (κ3) is 2.72. The molecule has 8 heteroatoms. The molecule has 0 saturated heterocycles. The van der Waals surface area contributed by atoms with Crippen molar-refractivity contribution in [3.05, 3.63) is 45.2 Å². The van der Waals surface area contributed by atoms with E-state index in [1.165, 1.54) is 29.1 Å². The van der Waals surface area contributed by atoms with Gasteiger partial charge in [0.15, 0.2) is 0 Å². The normalized spacial score (nSPS) is 12.4. The molecule has 1 atom stereocenters. The fraction of sp³-hybridized carbons (Fsp3) is 0.273. The molecule has 0 aliphatic heterocycles. The van der Waals surface area contributed by atoms with Gasteiger partial charge in [-0.05, 0) is 18.6 Å². The Balaban J connectivity index is 2.49. The van der Waals surface area contributed by atoms with E-state index >= 15 is 0 Å². The van der Waals surface area contributed by atoms with Crippen molar-refractivity contribution in [3.8, 4) is 5.69 Å². The molecule has 1 heterocycles. The van der Waals surface area contributed by atoms with Gasteiger partial charge < -0.3 is 5.11 Å². The van der Waals surface area contributed by atoms with Gasteiger partial charge in [-0.3, -0.25) is 10.1 Å². The first-order valence-corrected chi connectivity index (χ1v) is 5.95. The van der Waals surface area contributed by atoms with Crippen molar-refractivity contribution in [2.45, 2.75) is 19.4 Å². The molecule has 0 aliphatic rings. The molecule has 1 aromatic heterocycles. The van der Waals surface area contributed by atoms with Crippen LogP contribution in [0.2, 0.25) is 5.02 Å². The summed E-state index contributed by atoms with van der Waals surface area (Å²) in [6.07, 6.45) is 1.19. The van der Waals surface area contributed by atoms with Gasteiger partial charge in [-0.25, -0.2) is 4.68 Å². The number of rotatable bonds is 4. The molecule has 0 fully saturated rings. The Labute approximate surface area is 113 Å². The van der Waals surface area contributed by atoms with Gasteiger partial charge >= 0.3 is 0 Å². The third-order valence-electron chi connectivity index (χ3n) is 2.62. The second-order valence-electron chi connectivity index (χ2n) is 3.90. The van der Waals surface area contributed by atoms with Crippen molar-refractivity contribution in [3.63, 3.8) is 0 Å². The zero-order valence-corrected chi connectivity index (χ0v) is 10.8. The number of aliphatic hydroxyl groups excluding tert-OH is 1. The number of hydrogen-bond acceptors (Lipinski definition) is 5. The minimum Gasteiger partial charge on any atom is -0.387 e. The molecular weight excluding hydrogens is 272 g/mol. The Kier molecular flexibility index (Phi) is 3.77. The molecule has 0 saturated carbocycles. The van der Waals surface area contributed by atoms with Gasteiger partial charge in [0.05, 0.1) is 17.2 Å². The van der Waals surface area contributed by atoms with Gasteiger partial charge in [-0.2, -0.15) is 0 Å². The smallest absolute Gasteiger partial charge is 0.295 e. The summed E-state index contributed by atoms with van der Waals surface area (Å²) in [5.74, 6) is 0. The van der Waals surface area contributed by atoms with E-state index in [-0.39, 0.29) is 11.4 Å². The van der Waals surface area contributed by atoms with E-state index in [4.69, 9.17) is 11.6 Å². The highest BCUT2D eigenvalue weighted by Crippen LogP contribution is 2.26. The Bertz CT molecular complexity index is 614. The lowest BCUT2D eigenvalue weighted by Gasteiger charge is -2.03. The summed E-state index contributed by atoms with van der Waals surface area (Å²) in [5, 5.41) is 28.5. The van der Waals surface area contributed by atoms with Crippen molar-refractivity contribution >= 4 is 17.3 Å². The first kappa shape index (κ1) is 13.4. The second kappa shape index (κ2) is 5.33. The lowest BCUT2D eigenvalue weighted by atomic mass is 10.2. The summed E-state index contributed by atoms with van der Waals surface area (Å²) in [6.45, 7) is 1.80. The molecule has 0 aliphatic carbocycles. The summed E-state index contributed by atoms with van der Waals surface area (Å²) >= 11 is 5.83. The number of hydrogen-bond donors (Lipinski definition) is 1. The van der Waals surface area contributed by atoms with Crippen LogP contribution in [0.4, 0.5) is 5.69 Å². The zero-order chi connectivity index (χ0) is 14.0. The minimum atomic E-state index is -0.744. The summed E-state index contributed by atoms with van der Waals surface area (Å²) < 4.78 is 1.23. The second-order valence-corrected chi connectivity index (χ2v) is 4.34. The highest BCUT2D eigenvalue weighted by Gasteiger charge is 2.18. The zero-order valence-electron chi connectivity index (χ0n) is 10.0. The van der Waals surface area contributed by atoms with Gasteiger partial charge in [0, 0.05) is 11.1 Å². The molecule has 0 radical (unpaired) electrons.